The van der Waals surface area contributed by atoms with E-state index >= 15 is 0 Å². The molecule has 0 radical (unpaired) electrons. The van der Waals surface area contributed by atoms with Gasteiger partial charge in [0.2, 0.25) is 0 Å². The maximum Gasteiger partial charge on any atom is 0.346 e. The van der Waals surface area contributed by atoms with E-state index in [4.69, 9.17) is 21.1 Å². The van der Waals surface area contributed by atoms with Crippen molar-refractivity contribution in [1.82, 2.24) is 0 Å². The van der Waals surface area contributed by atoms with Crippen LogP contribution >= 0.6 is 11.6 Å². The van der Waals surface area contributed by atoms with Crippen LogP contribution in [0.4, 0.5) is 5.69 Å². The molecule has 2 aromatic carbocycles. The summed E-state index contributed by atoms with van der Waals surface area (Å²) in [5.41, 5.74) is -0.118. The second-order valence-electron chi connectivity index (χ2n) is 4.73. The van der Waals surface area contributed by atoms with E-state index in [2.05, 4.69) is 4.74 Å². The molecule has 0 saturated heterocycles. The zero-order valence-corrected chi connectivity index (χ0v) is 13.6. The molecule has 0 aliphatic heterocycles. The lowest BCUT2D eigenvalue weighted by molar-refractivity contribution is -0.384. The van der Waals surface area contributed by atoms with Gasteiger partial charge in [0, 0.05) is 12.1 Å². The lowest BCUT2D eigenvalue weighted by atomic mass is 10.3. The van der Waals surface area contributed by atoms with Crippen LogP contribution in [0.1, 0.15) is 6.92 Å². The maximum absolute atomic E-state index is 11.3. The van der Waals surface area contributed by atoms with Crippen LogP contribution in [-0.2, 0) is 9.53 Å². The van der Waals surface area contributed by atoms with Crippen molar-refractivity contribution in [2.24, 2.45) is 0 Å². The zero-order valence-electron chi connectivity index (χ0n) is 12.9. The number of hydrogen-bond donors (Lipinski definition) is 0. The van der Waals surface area contributed by atoms with Crippen LogP contribution in [0, 0.1) is 10.1 Å². The number of methoxy groups -OCH3 is 1. The number of hydrogen-bond acceptors (Lipinski definition) is 6. The average Bonchev–Trinajstić information content (AvgIpc) is 2.57. The number of rotatable bonds is 6. The van der Waals surface area contributed by atoms with Gasteiger partial charge in [0.05, 0.1) is 17.1 Å². The first-order valence-corrected chi connectivity index (χ1v) is 7.25. The maximum atomic E-state index is 11.3. The second kappa shape index (κ2) is 7.65. The van der Waals surface area contributed by atoms with E-state index in [0.29, 0.717) is 17.2 Å². The van der Waals surface area contributed by atoms with Crippen molar-refractivity contribution in [2.45, 2.75) is 13.0 Å². The molecule has 0 bridgehead atoms. The minimum atomic E-state index is -0.731. The van der Waals surface area contributed by atoms with Crippen molar-refractivity contribution in [2.75, 3.05) is 7.11 Å². The first-order valence-electron chi connectivity index (χ1n) is 6.87. The molecule has 0 heterocycles. The Morgan fingerprint density at radius 3 is 2.33 bits per heavy atom. The van der Waals surface area contributed by atoms with Crippen LogP contribution in [0.5, 0.6) is 17.2 Å². The van der Waals surface area contributed by atoms with Crippen LogP contribution in [0.25, 0.3) is 0 Å². The van der Waals surface area contributed by atoms with E-state index in [1.54, 1.807) is 31.2 Å². The molecule has 0 fully saturated rings. The first kappa shape index (κ1) is 17.6. The van der Waals surface area contributed by atoms with Crippen molar-refractivity contribution in [3.8, 4) is 17.2 Å². The molecule has 0 aliphatic carbocycles. The quantitative estimate of drug-likeness (QED) is 0.444. The summed E-state index contributed by atoms with van der Waals surface area (Å²) in [4.78, 5) is 21.4. The highest BCUT2D eigenvalue weighted by Crippen LogP contribution is 2.32. The number of esters is 1. The molecule has 1 atom stereocenters. The summed E-state index contributed by atoms with van der Waals surface area (Å²) in [5.74, 6) is 0.741. The Balaban J connectivity index is 2.06. The molecule has 24 heavy (non-hydrogen) atoms. The van der Waals surface area contributed by atoms with Gasteiger partial charge in [-0.1, -0.05) is 11.6 Å². The Morgan fingerprint density at radius 2 is 1.79 bits per heavy atom. The lowest BCUT2D eigenvalue weighted by Gasteiger charge is -2.13. The van der Waals surface area contributed by atoms with Crippen LogP contribution < -0.4 is 9.47 Å². The van der Waals surface area contributed by atoms with E-state index in [0.717, 1.165) is 0 Å². The molecule has 2 rings (SSSR count). The molecule has 1 unspecified atom stereocenters. The van der Waals surface area contributed by atoms with E-state index < -0.39 is 17.0 Å². The molecule has 0 amide bonds. The third-order valence-corrected chi connectivity index (χ3v) is 3.32. The largest absolute Gasteiger partial charge is 0.479 e. The number of nitro groups is 1. The Bertz CT molecular complexity index is 747. The molecule has 7 nitrogen and oxygen atoms in total. The highest BCUT2D eigenvalue weighted by molar-refractivity contribution is 6.32. The fourth-order valence-corrected chi connectivity index (χ4v) is 2.03. The standard InChI is InChI=1S/C16H14ClNO6/c1-10(16(19)22-2)23-12-4-6-13(7-5-12)24-15-8-3-11(18(20)21)9-14(15)17/h3-10H,1-2H3. The van der Waals surface area contributed by atoms with Crippen LogP contribution in [-0.4, -0.2) is 24.1 Å². The van der Waals surface area contributed by atoms with Crippen molar-refractivity contribution >= 4 is 23.3 Å². The van der Waals surface area contributed by atoms with Crippen molar-refractivity contribution in [3.05, 3.63) is 57.6 Å². The normalized spacial score (nSPS) is 11.5. The monoisotopic (exact) mass is 351 g/mol. The van der Waals surface area contributed by atoms with Gasteiger partial charge in [-0.3, -0.25) is 10.1 Å². The molecule has 0 aliphatic rings. The summed E-state index contributed by atoms with van der Waals surface area (Å²) in [6, 6.07) is 10.4. The van der Waals surface area contributed by atoms with Gasteiger partial charge >= 0.3 is 5.97 Å². The minimum Gasteiger partial charge on any atom is -0.479 e. The van der Waals surface area contributed by atoms with E-state index in [1.807, 2.05) is 0 Å². The van der Waals surface area contributed by atoms with Crippen molar-refractivity contribution in [3.63, 3.8) is 0 Å². The number of benzene rings is 2. The SMILES string of the molecule is COC(=O)C(C)Oc1ccc(Oc2ccc([N+](=O)[O-])cc2Cl)cc1. The fraction of sp³-hybridized carbons (Fsp3) is 0.188. The van der Waals surface area contributed by atoms with E-state index in [1.165, 1.54) is 25.3 Å². The molecule has 8 heteroatoms. The van der Waals surface area contributed by atoms with Gasteiger partial charge in [0.15, 0.2) is 6.10 Å². The summed E-state index contributed by atoms with van der Waals surface area (Å²) in [6.07, 6.45) is -0.731. The predicted molar refractivity (Wildman–Crippen MR) is 86.7 cm³/mol. The summed E-state index contributed by atoms with van der Waals surface area (Å²) >= 11 is 5.97. The lowest BCUT2D eigenvalue weighted by Crippen LogP contribution is -2.24. The number of halogens is 1. The molecule has 2 aromatic rings. The third-order valence-electron chi connectivity index (χ3n) is 3.02. The van der Waals surface area contributed by atoms with Gasteiger partial charge in [-0.15, -0.1) is 0 Å². The predicted octanol–water partition coefficient (Wildman–Crippen LogP) is 3.98. The van der Waals surface area contributed by atoms with Gasteiger partial charge < -0.3 is 14.2 Å². The molecule has 126 valence electrons. The van der Waals surface area contributed by atoms with E-state index in [-0.39, 0.29) is 10.7 Å². The van der Waals surface area contributed by atoms with Crippen LogP contribution in [0.3, 0.4) is 0 Å². The Morgan fingerprint density at radius 1 is 1.17 bits per heavy atom. The molecular formula is C16H14ClNO6. The number of ether oxygens (including phenoxy) is 3. The van der Waals surface area contributed by atoms with Gasteiger partial charge in [-0.2, -0.15) is 0 Å². The summed E-state index contributed by atoms with van der Waals surface area (Å²) in [6.45, 7) is 1.58. The van der Waals surface area contributed by atoms with Gasteiger partial charge in [0.25, 0.3) is 5.69 Å². The van der Waals surface area contributed by atoms with Gasteiger partial charge in [0.1, 0.15) is 17.2 Å². The Labute approximate surface area is 142 Å². The summed E-state index contributed by atoms with van der Waals surface area (Å²) < 4.78 is 15.6. The Kier molecular flexibility index (Phi) is 5.59. The second-order valence-corrected chi connectivity index (χ2v) is 5.14. The van der Waals surface area contributed by atoms with E-state index in [9.17, 15) is 14.9 Å². The summed E-state index contributed by atoms with van der Waals surface area (Å²) in [7, 11) is 1.28. The number of carbonyl (C=O) groups excluding carboxylic acids is 1. The molecular weight excluding hydrogens is 338 g/mol. The Hall–Kier alpha value is -2.80. The number of nitrogens with zero attached hydrogens (tertiary/aromatic N) is 1. The minimum absolute atomic E-state index is 0.118. The average molecular weight is 352 g/mol. The van der Waals surface area contributed by atoms with Gasteiger partial charge in [-0.05, 0) is 37.3 Å². The highest BCUT2D eigenvalue weighted by Gasteiger charge is 2.15. The first-order chi connectivity index (χ1) is 11.4. The van der Waals surface area contributed by atoms with Crippen LogP contribution in [0.2, 0.25) is 5.02 Å². The number of nitro benzene ring substituents is 1. The molecule has 0 spiro atoms. The molecule has 0 N–H and O–H groups in total. The topological polar surface area (TPSA) is 87.9 Å². The number of carbonyl (C=O) groups is 1. The zero-order chi connectivity index (χ0) is 17.7. The highest BCUT2D eigenvalue weighted by atomic mass is 35.5. The van der Waals surface area contributed by atoms with Crippen LogP contribution in [0.15, 0.2) is 42.5 Å². The molecule has 0 saturated carbocycles. The summed E-state index contributed by atoms with van der Waals surface area (Å²) in [5, 5.41) is 10.8. The van der Waals surface area contributed by atoms with Gasteiger partial charge in [-0.25, -0.2) is 4.79 Å². The van der Waals surface area contributed by atoms with Crippen molar-refractivity contribution in [1.29, 1.82) is 0 Å². The fourth-order valence-electron chi connectivity index (χ4n) is 1.82. The number of non-ortho nitro benzene ring substituents is 1. The smallest absolute Gasteiger partial charge is 0.346 e. The third kappa shape index (κ3) is 4.36. The molecule has 0 aromatic heterocycles. The van der Waals surface area contributed by atoms with Crippen molar-refractivity contribution < 1.29 is 23.9 Å².